The maximum atomic E-state index is 17.9. The number of fused-ring (bicyclic) bond motifs is 18. The van der Waals surface area contributed by atoms with E-state index in [1.807, 2.05) is 18.2 Å². The summed E-state index contributed by atoms with van der Waals surface area (Å²) in [5, 5.41) is 0. The minimum Gasteiger partial charge on any atom is -0.207 e. The zero-order chi connectivity index (χ0) is 54.6. The third-order valence-corrected chi connectivity index (χ3v) is 20.4. The molecule has 1 saturated carbocycles. The van der Waals surface area contributed by atoms with Crippen LogP contribution in [0.4, 0.5) is 17.6 Å². The number of nitrogens with zero attached hydrogens (tertiary/aromatic N) is 3. The van der Waals surface area contributed by atoms with E-state index < -0.39 is 45.2 Å². The van der Waals surface area contributed by atoms with Gasteiger partial charge in [-0.25, -0.2) is 17.6 Å². The summed E-state index contributed by atoms with van der Waals surface area (Å²) in [6.45, 7) is 0.264. The largest absolute Gasteiger partial charge is 0.239 e. The molecule has 0 radical (unpaired) electrons. The number of hydrogen-bond donors (Lipinski definition) is 0. The van der Waals surface area contributed by atoms with Crippen LogP contribution in [-0.4, -0.2) is 0 Å². The number of rotatable bonds is 2. The third kappa shape index (κ3) is 5.00. The number of halogens is 4. The Morgan fingerprint density at radius 3 is 1.70 bits per heavy atom. The van der Waals surface area contributed by atoms with E-state index in [2.05, 4.69) is 214 Å². The first kappa shape index (κ1) is 44.6. The van der Waals surface area contributed by atoms with Crippen LogP contribution in [0, 0.1) is 23.3 Å². The van der Waals surface area contributed by atoms with Gasteiger partial charge in [0.2, 0.25) is 28.2 Å². The number of benzene rings is 8. The highest BCUT2D eigenvalue weighted by molar-refractivity contribution is 6.14. The van der Waals surface area contributed by atoms with Crippen molar-refractivity contribution < 1.29 is 31.3 Å². The number of aromatic nitrogens is 3. The topological polar surface area (TPSA) is 11.6 Å². The molecule has 1 fully saturated rings. The summed E-state index contributed by atoms with van der Waals surface area (Å²) >= 11 is 0. The summed E-state index contributed by atoms with van der Waals surface area (Å²) < 4.78 is 76.9. The molecule has 7 heteroatoms. The van der Waals surface area contributed by atoms with Crippen molar-refractivity contribution in [1.82, 2.24) is 0 Å². The lowest BCUT2D eigenvalue weighted by Crippen LogP contribution is -2.61. The summed E-state index contributed by atoms with van der Waals surface area (Å²) in [5.41, 5.74) is 18.4. The van der Waals surface area contributed by atoms with Gasteiger partial charge in [-0.15, -0.1) is 0 Å². The van der Waals surface area contributed by atoms with Crippen molar-refractivity contribution in [1.29, 1.82) is 0 Å². The first-order chi connectivity index (χ1) is 40.7. The number of allylic oxidation sites excluding steroid dienone is 8. The van der Waals surface area contributed by atoms with E-state index in [4.69, 9.17) is 0 Å². The van der Waals surface area contributed by atoms with Crippen molar-refractivity contribution in [3.8, 4) is 89.4 Å². The average Bonchev–Trinajstić information content (AvgIpc) is 1.44. The van der Waals surface area contributed by atoms with Crippen LogP contribution >= 0.6 is 0 Å². The molecule has 4 spiro atoms. The fourth-order valence-electron chi connectivity index (χ4n) is 17.3. The second kappa shape index (κ2) is 14.7. The van der Waals surface area contributed by atoms with Crippen LogP contribution in [0.1, 0.15) is 33.4 Å². The standard InChI is InChI=1S/C76H42F4N3/c77-47-30-57-69(64(79)32-47)67-29-27-46-39-82(67)74-36-63(53-18-8-5-15-50(46)53)76-59-21-11-10-20-55(59)68-34-56(44-24-22-43(23-25-44)42-12-2-1-3-13-42)58-40-83(68)75(76,72(76)71(57)74)37-61(54-19-9-6-16-51(54)58)73-35-62(74)52-17-7-4-14-49(52)45-26-28-66(81(38-45)41-73)70-60(73)31-48(78)33-65(70)80/h1-40H,41H2/q+3/b61-37-,62-35-. The van der Waals surface area contributed by atoms with Gasteiger partial charge in [0.1, 0.15) is 28.7 Å². The Morgan fingerprint density at radius 2 is 0.940 bits per heavy atom. The van der Waals surface area contributed by atoms with Crippen molar-refractivity contribution in [3.63, 3.8) is 0 Å². The Hall–Kier alpha value is -10.1. The summed E-state index contributed by atoms with van der Waals surface area (Å²) in [5.74, 6) is -2.67. The van der Waals surface area contributed by atoms with Gasteiger partial charge >= 0.3 is 0 Å². The second-order valence-electron chi connectivity index (χ2n) is 23.9. The van der Waals surface area contributed by atoms with E-state index in [1.54, 1.807) is 12.1 Å². The molecule has 4 unspecified atom stereocenters. The molecular formula is C76H42F4N3+3. The summed E-state index contributed by atoms with van der Waals surface area (Å²) in [4.78, 5) is 0. The summed E-state index contributed by atoms with van der Waals surface area (Å²) in [6.07, 6.45) is 13.9. The lowest BCUT2D eigenvalue weighted by Gasteiger charge is -2.44. The molecule has 8 aromatic carbocycles. The molecular weight excluding hydrogens is 1030 g/mol. The third-order valence-electron chi connectivity index (χ3n) is 20.4. The van der Waals surface area contributed by atoms with Gasteiger partial charge in [0.05, 0.1) is 27.7 Å². The van der Waals surface area contributed by atoms with Crippen molar-refractivity contribution in [3.05, 3.63) is 305 Å². The zero-order valence-corrected chi connectivity index (χ0v) is 44.2. The second-order valence-corrected chi connectivity index (χ2v) is 23.9. The highest BCUT2D eigenvalue weighted by Gasteiger charge is 2.89. The SMILES string of the molecule is Fc1cc(F)c2c(c1)C1=C3C45C6=CC1(/C1=C\C7(C[n+]8cc(ccc8-c8c(F)cc(F)cc87)-c7ccccc71)/C1=C\C34[n+]3cc(c(-c4ccc(-c7ccccc7)cc4)cc3-c3ccccc35)-c3ccccc31)[n+]1cc(ccc1-2)-c1ccccc16. The molecule has 83 heavy (non-hydrogen) atoms. The van der Waals surface area contributed by atoms with E-state index in [-0.39, 0.29) is 6.54 Å². The molecule has 386 valence electrons. The van der Waals surface area contributed by atoms with Gasteiger partial charge < -0.3 is 0 Å². The first-order valence-electron chi connectivity index (χ1n) is 28.4. The van der Waals surface area contributed by atoms with Gasteiger partial charge in [-0.1, -0.05) is 152 Å². The normalized spacial score (nSPS) is 23.5. The van der Waals surface area contributed by atoms with E-state index in [1.165, 1.54) is 0 Å². The van der Waals surface area contributed by atoms with Gasteiger partial charge in [0.15, 0.2) is 25.1 Å². The predicted molar refractivity (Wildman–Crippen MR) is 313 cm³/mol. The predicted octanol–water partition coefficient (Wildman–Crippen LogP) is 15.7. The fraction of sp³-hybridized carbons (Fsp3) is 0.0658. The average molecular weight is 1070 g/mol. The molecule has 3 aliphatic carbocycles. The van der Waals surface area contributed by atoms with E-state index in [0.717, 1.165) is 129 Å². The first-order valence-corrected chi connectivity index (χ1v) is 28.4. The summed E-state index contributed by atoms with van der Waals surface area (Å²) in [6, 6.07) is 69.3. The Kier molecular flexibility index (Phi) is 7.89. The van der Waals surface area contributed by atoms with Crippen molar-refractivity contribution in [2.24, 2.45) is 0 Å². The molecule has 0 N–H and O–H groups in total. The van der Waals surface area contributed by atoms with E-state index in [0.29, 0.717) is 33.6 Å². The van der Waals surface area contributed by atoms with Crippen LogP contribution in [0.2, 0.25) is 0 Å². The molecule has 3 aromatic heterocycles. The van der Waals surface area contributed by atoms with Gasteiger partial charge in [-0.3, -0.25) is 0 Å². The number of hydrogen-bond acceptors (Lipinski definition) is 0. The summed E-state index contributed by atoms with van der Waals surface area (Å²) in [7, 11) is 0. The molecule has 0 amide bonds. The molecule has 4 atom stereocenters. The van der Waals surface area contributed by atoms with Crippen LogP contribution in [0.5, 0.6) is 0 Å². The van der Waals surface area contributed by atoms with Gasteiger partial charge in [0.25, 0.3) is 0 Å². The zero-order valence-electron chi connectivity index (χ0n) is 44.2. The smallest absolute Gasteiger partial charge is 0.207 e. The number of pyridine rings is 3. The molecule has 20 rings (SSSR count). The Labute approximate surface area is 474 Å². The minimum atomic E-state index is -1.38. The van der Waals surface area contributed by atoms with Crippen molar-refractivity contribution >= 4 is 22.3 Å². The molecule has 3 nitrogen and oxygen atoms in total. The van der Waals surface area contributed by atoms with Crippen molar-refractivity contribution in [2.75, 3.05) is 0 Å². The Morgan fingerprint density at radius 1 is 0.349 bits per heavy atom. The Balaban J connectivity index is 1.07. The van der Waals surface area contributed by atoms with Gasteiger partial charge in [0, 0.05) is 75.4 Å². The lowest BCUT2D eigenvalue weighted by atomic mass is 9.59. The molecule has 0 saturated heterocycles. The van der Waals surface area contributed by atoms with Crippen LogP contribution < -0.4 is 13.7 Å². The molecule has 9 aliphatic rings. The van der Waals surface area contributed by atoms with Crippen LogP contribution in [0.15, 0.2) is 249 Å². The maximum Gasteiger partial charge on any atom is 0.239 e. The van der Waals surface area contributed by atoms with Crippen LogP contribution in [-0.2, 0) is 28.5 Å². The highest BCUT2D eigenvalue weighted by Crippen LogP contribution is 2.82. The quantitative estimate of drug-likeness (QED) is 0.121. The van der Waals surface area contributed by atoms with Crippen LogP contribution in [0.25, 0.3) is 112 Å². The molecule has 9 heterocycles. The van der Waals surface area contributed by atoms with Gasteiger partial charge in [-0.2, -0.15) is 13.7 Å². The van der Waals surface area contributed by atoms with E-state index in [9.17, 15) is 0 Å². The highest BCUT2D eigenvalue weighted by atomic mass is 19.1. The molecule has 6 aliphatic heterocycles. The van der Waals surface area contributed by atoms with Crippen LogP contribution in [0.3, 0.4) is 0 Å². The minimum absolute atomic E-state index is 0.264. The molecule has 11 aromatic rings. The van der Waals surface area contributed by atoms with Gasteiger partial charge in [-0.05, 0) is 109 Å². The van der Waals surface area contributed by atoms with Crippen molar-refractivity contribution in [2.45, 2.75) is 28.5 Å². The lowest BCUT2D eigenvalue weighted by molar-refractivity contribution is -0.718. The monoisotopic (exact) mass is 1070 g/mol. The fourth-order valence-corrected chi connectivity index (χ4v) is 17.3. The maximum absolute atomic E-state index is 17.9. The Bertz CT molecular complexity index is 5130. The van der Waals surface area contributed by atoms with E-state index >= 15 is 17.6 Å². The molecule has 13 bridgehead atoms.